The predicted molar refractivity (Wildman–Crippen MR) is 82.7 cm³/mol. The third kappa shape index (κ3) is 3.81. The third-order valence-corrected chi connectivity index (χ3v) is 3.48. The Morgan fingerprint density at radius 2 is 2.05 bits per heavy atom. The molecule has 0 aliphatic rings. The van der Waals surface area contributed by atoms with E-state index in [1.165, 1.54) is 6.07 Å². The van der Waals surface area contributed by atoms with E-state index in [9.17, 15) is 4.39 Å². The summed E-state index contributed by atoms with van der Waals surface area (Å²) in [4.78, 5) is 0. The first-order valence-electron chi connectivity index (χ1n) is 6.56. The topological polar surface area (TPSA) is 21.3 Å². The smallest absolute Gasteiger partial charge is 0.165 e. The Labute approximate surface area is 127 Å². The molecule has 0 spiro atoms. The van der Waals surface area contributed by atoms with E-state index < -0.39 is 0 Å². The average Bonchev–Trinajstić information content (AvgIpc) is 2.43. The highest BCUT2D eigenvalue weighted by atomic mass is 79.9. The van der Waals surface area contributed by atoms with Crippen LogP contribution in [0.15, 0.2) is 46.9 Å². The molecule has 0 fully saturated rings. The summed E-state index contributed by atoms with van der Waals surface area (Å²) in [6, 6.07) is 12.6. The molecule has 2 nitrogen and oxygen atoms in total. The molecular formula is C16H17BrFNO. The highest BCUT2D eigenvalue weighted by molar-refractivity contribution is 9.10. The van der Waals surface area contributed by atoms with Crippen molar-refractivity contribution in [1.82, 2.24) is 5.32 Å². The minimum absolute atomic E-state index is 0.215. The molecule has 0 amide bonds. The summed E-state index contributed by atoms with van der Waals surface area (Å²) in [5.74, 6) is 0.468. The summed E-state index contributed by atoms with van der Waals surface area (Å²) in [6.45, 7) is 5.04. The van der Waals surface area contributed by atoms with Crippen LogP contribution in [0.5, 0.6) is 11.5 Å². The lowest BCUT2D eigenvalue weighted by Gasteiger charge is -2.14. The van der Waals surface area contributed by atoms with Crippen molar-refractivity contribution in [3.8, 4) is 11.5 Å². The van der Waals surface area contributed by atoms with E-state index in [1.54, 1.807) is 12.1 Å². The van der Waals surface area contributed by atoms with Crippen molar-refractivity contribution >= 4 is 15.9 Å². The van der Waals surface area contributed by atoms with Crippen molar-refractivity contribution < 1.29 is 9.13 Å². The van der Waals surface area contributed by atoms with Crippen LogP contribution in [0.25, 0.3) is 0 Å². The highest BCUT2D eigenvalue weighted by Gasteiger charge is 2.08. The van der Waals surface area contributed by atoms with Gasteiger partial charge in [0.25, 0.3) is 0 Å². The largest absolute Gasteiger partial charge is 0.454 e. The lowest BCUT2D eigenvalue weighted by atomic mass is 10.1. The summed E-state index contributed by atoms with van der Waals surface area (Å²) >= 11 is 3.31. The minimum Gasteiger partial charge on any atom is -0.454 e. The van der Waals surface area contributed by atoms with Crippen molar-refractivity contribution in [3.63, 3.8) is 0 Å². The molecule has 1 atom stereocenters. The molecule has 0 aromatic heterocycles. The van der Waals surface area contributed by atoms with Crippen LogP contribution in [-0.2, 0) is 0 Å². The molecule has 2 aromatic rings. The van der Waals surface area contributed by atoms with Crippen LogP contribution in [0.1, 0.15) is 25.5 Å². The number of hydrogen-bond donors (Lipinski definition) is 1. The normalized spacial score (nSPS) is 12.2. The standard InChI is InChI=1S/C16H17BrFNO/c1-3-19-11(2)12-5-4-6-14(9-12)20-16-10-13(17)7-8-15(16)18/h4-11,19H,3H2,1-2H3. The zero-order valence-electron chi connectivity index (χ0n) is 11.5. The second kappa shape index (κ2) is 6.86. The van der Waals surface area contributed by atoms with Crippen LogP contribution in [0.2, 0.25) is 0 Å². The highest BCUT2D eigenvalue weighted by Crippen LogP contribution is 2.29. The van der Waals surface area contributed by atoms with Gasteiger partial charge in [-0.2, -0.15) is 0 Å². The van der Waals surface area contributed by atoms with Gasteiger partial charge in [-0.25, -0.2) is 4.39 Å². The van der Waals surface area contributed by atoms with Crippen LogP contribution in [0.4, 0.5) is 4.39 Å². The second-order valence-electron chi connectivity index (χ2n) is 4.53. The van der Waals surface area contributed by atoms with E-state index in [4.69, 9.17) is 4.74 Å². The molecule has 1 N–H and O–H groups in total. The molecule has 4 heteroatoms. The Bertz CT molecular complexity index is 588. The van der Waals surface area contributed by atoms with Crippen LogP contribution in [0, 0.1) is 5.82 Å². The molecule has 0 heterocycles. The maximum Gasteiger partial charge on any atom is 0.165 e. The lowest BCUT2D eigenvalue weighted by Crippen LogP contribution is -2.17. The number of nitrogens with one attached hydrogen (secondary N) is 1. The summed E-state index contributed by atoms with van der Waals surface area (Å²) < 4.78 is 20.1. The van der Waals surface area contributed by atoms with Crippen molar-refractivity contribution in [2.45, 2.75) is 19.9 Å². The summed E-state index contributed by atoms with van der Waals surface area (Å²) in [5.41, 5.74) is 1.11. The molecule has 2 aromatic carbocycles. The Kier molecular flexibility index (Phi) is 5.15. The van der Waals surface area contributed by atoms with Gasteiger partial charge in [0.1, 0.15) is 5.75 Å². The van der Waals surface area contributed by atoms with Gasteiger partial charge in [-0.3, -0.25) is 0 Å². The number of ether oxygens (including phenoxy) is 1. The number of halogens is 2. The first kappa shape index (κ1) is 15.0. The van der Waals surface area contributed by atoms with Crippen LogP contribution in [0.3, 0.4) is 0 Å². The van der Waals surface area contributed by atoms with E-state index >= 15 is 0 Å². The molecule has 0 bridgehead atoms. The quantitative estimate of drug-likeness (QED) is 0.824. The van der Waals surface area contributed by atoms with Crippen LogP contribution in [-0.4, -0.2) is 6.54 Å². The van der Waals surface area contributed by atoms with E-state index in [0.717, 1.165) is 16.6 Å². The molecule has 0 saturated heterocycles. The number of benzene rings is 2. The van der Waals surface area contributed by atoms with Gasteiger partial charge in [0.15, 0.2) is 11.6 Å². The van der Waals surface area contributed by atoms with Gasteiger partial charge in [-0.05, 0) is 49.4 Å². The summed E-state index contributed by atoms with van der Waals surface area (Å²) in [7, 11) is 0. The zero-order valence-corrected chi connectivity index (χ0v) is 13.1. The zero-order chi connectivity index (χ0) is 14.5. The van der Waals surface area contributed by atoms with Crippen molar-refractivity contribution in [2.24, 2.45) is 0 Å². The van der Waals surface area contributed by atoms with Gasteiger partial charge in [0.2, 0.25) is 0 Å². The fraction of sp³-hybridized carbons (Fsp3) is 0.250. The Morgan fingerprint density at radius 1 is 1.25 bits per heavy atom. The number of rotatable bonds is 5. The molecule has 0 aliphatic carbocycles. The van der Waals surface area contributed by atoms with Crippen molar-refractivity contribution in [1.29, 1.82) is 0 Å². The first-order valence-corrected chi connectivity index (χ1v) is 7.35. The minimum atomic E-state index is -0.377. The molecule has 2 rings (SSSR count). The Morgan fingerprint density at radius 3 is 2.80 bits per heavy atom. The molecule has 1 unspecified atom stereocenters. The Balaban J connectivity index is 2.21. The van der Waals surface area contributed by atoms with Crippen LogP contribution < -0.4 is 10.1 Å². The van der Waals surface area contributed by atoms with Crippen LogP contribution >= 0.6 is 15.9 Å². The SMILES string of the molecule is CCNC(C)c1cccc(Oc2cc(Br)ccc2F)c1. The first-order chi connectivity index (χ1) is 9.60. The second-order valence-corrected chi connectivity index (χ2v) is 5.44. The van der Waals surface area contributed by atoms with Crippen molar-refractivity contribution in [2.75, 3.05) is 6.54 Å². The predicted octanol–water partition coefficient (Wildman–Crippen LogP) is 5.05. The lowest BCUT2D eigenvalue weighted by molar-refractivity contribution is 0.440. The van der Waals surface area contributed by atoms with E-state index in [1.807, 2.05) is 24.3 Å². The average molecular weight is 338 g/mol. The van der Waals surface area contributed by atoms with E-state index in [-0.39, 0.29) is 17.6 Å². The third-order valence-electron chi connectivity index (χ3n) is 2.99. The van der Waals surface area contributed by atoms with Gasteiger partial charge in [-0.15, -0.1) is 0 Å². The van der Waals surface area contributed by atoms with E-state index in [2.05, 4.69) is 35.1 Å². The maximum atomic E-state index is 13.7. The van der Waals surface area contributed by atoms with Gasteiger partial charge in [0.05, 0.1) is 0 Å². The Hall–Kier alpha value is -1.39. The monoisotopic (exact) mass is 337 g/mol. The molecule has 0 saturated carbocycles. The molecule has 106 valence electrons. The molecular weight excluding hydrogens is 321 g/mol. The summed E-state index contributed by atoms with van der Waals surface area (Å²) in [5, 5.41) is 3.34. The van der Waals surface area contributed by atoms with Gasteiger partial charge < -0.3 is 10.1 Å². The van der Waals surface area contributed by atoms with Gasteiger partial charge in [-0.1, -0.05) is 35.0 Å². The molecule has 20 heavy (non-hydrogen) atoms. The van der Waals surface area contributed by atoms with Gasteiger partial charge >= 0.3 is 0 Å². The summed E-state index contributed by atoms with van der Waals surface area (Å²) in [6.07, 6.45) is 0. The maximum absolute atomic E-state index is 13.7. The molecule has 0 radical (unpaired) electrons. The fourth-order valence-corrected chi connectivity index (χ4v) is 2.29. The number of hydrogen-bond acceptors (Lipinski definition) is 2. The van der Waals surface area contributed by atoms with Crippen molar-refractivity contribution in [3.05, 3.63) is 58.3 Å². The van der Waals surface area contributed by atoms with E-state index in [0.29, 0.717) is 5.75 Å². The van der Waals surface area contributed by atoms with Gasteiger partial charge in [0, 0.05) is 10.5 Å². The molecule has 0 aliphatic heterocycles. The fourth-order valence-electron chi connectivity index (χ4n) is 1.95.